The highest BCUT2D eigenvalue weighted by Crippen LogP contribution is 2.44. The van der Waals surface area contributed by atoms with Gasteiger partial charge in [-0.1, -0.05) is 6.07 Å². The van der Waals surface area contributed by atoms with Crippen LogP contribution in [0, 0.1) is 5.92 Å². The highest BCUT2D eigenvalue weighted by molar-refractivity contribution is 6.02. The molecule has 13 heteroatoms. The predicted molar refractivity (Wildman–Crippen MR) is 119 cm³/mol. The zero-order valence-corrected chi connectivity index (χ0v) is 18.9. The van der Waals surface area contributed by atoms with Crippen molar-refractivity contribution in [1.82, 2.24) is 14.8 Å². The number of amides is 1. The van der Waals surface area contributed by atoms with Crippen molar-refractivity contribution in [2.24, 2.45) is 13.0 Å². The van der Waals surface area contributed by atoms with Crippen molar-refractivity contribution in [3.63, 3.8) is 0 Å². The Balaban J connectivity index is 1.82. The number of halogens is 3. The molecule has 0 spiro atoms. The number of hydrogen-bond acceptors (Lipinski definition) is 7. The van der Waals surface area contributed by atoms with E-state index in [1.54, 1.807) is 7.05 Å². The Bertz CT molecular complexity index is 1300. The number of carbonyl (C=O) groups excluding carboxylic acids is 1. The second-order valence-electron chi connectivity index (χ2n) is 8.02. The van der Waals surface area contributed by atoms with Gasteiger partial charge in [0, 0.05) is 37.9 Å². The van der Waals surface area contributed by atoms with Crippen LogP contribution in [-0.4, -0.2) is 52.1 Å². The van der Waals surface area contributed by atoms with Crippen molar-refractivity contribution in [3.8, 4) is 5.75 Å². The molecule has 0 bridgehead atoms. The van der Waals surface area contributed by atoms with Gasteiger partial charge >= 0.3 is 12.1 Å². The van der Waals surface area contributed by atoms with E-state index in [9.17, 15) is 27.9 Å². The van der Waals surface area contributed by atoms with Crippen LogP contribution in [0.1, 0.15) is 34.9 Å². The minimum absolute atomic E-state index is 0.0326. The summed E-state index contributed by atoms with van der Waals surface area (Å²) in [5.41, 5.74) is -0.0338. The molecule has 3 N–H and O–H groups in total. The monoisotopic (exact) mass is 493 g/mol. The van der Waals surface area contributed by atoms with E-state index in [1.165, 1.54) is 30.0 Å². The van der Waals surface area contributed by atoms with Crippen LogP contribution in [-0.2, 0) is 16.6 Å². The largest absolute Gasteiger partial charge is 0.496 e. The van der Waals surface area contributed by atoms with Crippen LogP contribution in [0.15, 0.2) is 24.4 Å². The first-order valence-electron chi connectivity index (χ1n) is 10.5. The summed E-state index contributed by atoms with van der Waals surface area (Å²) < 4.78 is 52.3. The number of alkyl halides is 3. The summed E-state index contributed by atoms with van der Waals surface area (Å²) in [6.07, 6.45) is -4.35. The number of aryl methyl sites for hydroxylation is 1. The second-order valence-corrected chi connectivity index (χ2v) is 8.02. The Hall–Kier alpha value is -3.87. The van der Waals surface area contributed by atoms with Crippen LogP contribution < -0.4 is 15.4 Å². The number of aromatic carboxylic acids is 1. The number of hydrogen-bond donors (Lipinski definition) is 3. The Morgan fingerprint density at radius 3 is 2.54 bits per heavy atom. The highest BCUT2D eigenvalue weighted by Gasteiger charge is 2.43. The van der Waals surface area contributed by atoms with E-state index >= 15 is 0 Å². The number of carbonyl (C=O) groups is 2. The molecule has 2 heterocycles. The van der Waals surface area contributed by atoms with Gasteiger partial charge in [0.1, 0.15) is 17.1 Å². The second kappa shape index (κ2) is 9.06. The van der Waals surface area contributed by atoms with Crippen LogP contribution in [0.25, 0.3) is 10.9 Å². The molecule has 0 radical (unpaired) electrons. The molecular formula is C22H22F3N5O5. The lowest BCUT2D eigenvalue weighted by Gasteiger charge is -2.22. The summed E-state index contributed by atoms with van der Waals surface area (Å²) >= 11 is 0. The average molecular weight is 493 g/mol. The quantitative estimate of drug-likeness (QED) is 0.430. The van der Waals surface area contributed by atoms with Gasteiger partial charge in [-0.3, -0.25) is 9.48 Å². The highest BCUT2D eigenvalue weighted by atomic mass is 19.4. The van der Waals surface area contributed by atoms with Gasteiger partial charge in [-0.2, -0.15) is 18.3 Å². The van der Waals surface area contributed by atoms with Crippen molar-refractivity contribution >= 4 is 40.1 Å². The lowest BCUT2D eigenvalue weighted by molar-refractivity contribution is -0.216. The molecule has 1 atom stereocenters. The maximum absolute atomic E-state index is 13.6. The molecule has 1 amide bonds. The zero-order valence-electron chi connectivity index (χ0n) is 18.9. The van der Waals surface area contributed by atoms with E-state index < -0.39 is 18.2 Å². The van der Waals surface area contributed by atoms with Gasteiger partial charge in [-0.15, -0.1) is 0 Å². The third-order valence-electron chi connectivity index (χ3n) is 5.61. The first-order valence-corrected chi connectivity index (χ1v) is 10.5. The summed E-state index contributed by atoms with van der Waals surface area (Å²) in [5.74, 6) is -1.58. The Labute approximate surface area is 197 Å². The van der Waals surface area contributed by atoms with Crippen LogP contribution in [0.3, 0.4) is 0 Å². The molecule has 1 saturated carbocycles. The van der Waals surface area contributed by atoms with Crippen molar-refractivity contribution < 1.29 is 37.3 Å². The number of aromatic nitrogens is 3. The summed E-state index contributed by atoms with van der Waals surface area (Å²) in [6, 6.07) is 4.01. The van der Waals surface area contributed by atoms with Crippen LogP contribution in [0.5, 0.6) is 5.75 Å². The SMILES string of the molecule is COc1c(C(OC)C(F)(F)F)ccc2c1c(Nc1cc(NC(=O)C3CC3)ncc1C(=O)O)nn2C. The van der Waals surface area contributed by atoms with E-state index in [0.717, 1.165) is 26.1 Å². The van der Waals surface area contributed by atoms with E-state index in [-0.39, 0.29) is 51.4 Å². The number of benzene rings is 1. The number of carboxylic acids is 1. The Kier molecular flexibility index (Phi) is 6.28. The third-order valence-corrected chi connectivity index (χ3v) is 5.61. The van der Waals surface area contributed by atoms with Crippen molar-refractivity contribution in [2.45, 2.75) is 25.1 Å². The molecule has 35 heavy (non-hydrogen) atoms. The molecule has 1 aliphatic carbocycles. The number of ether oxygens (including phenoxy) is 2. The first kappa shape index (κ1) is 24.3. The van der Waals surface area contributed by atoms with Crippen molar-refractivity contribution in [2.75, 3.05) is 24.9 Å². The molecule has 2 aromatic heterocycles. The fourth-order valence-corrected chi connectivity index (χ4v) is 3.79. The molecule has 1 unspecified atom stereocenters. The standard InChI is InChI=1S/C22H22F3N5O5/c1-30-14-7-6-11(18(35-3)22(23,24)25)17(34-2)16(14)19(29-30)27-13-8-15(26-9-12(13)21(32)33)28-20(31)10-4-5-10/h6-10,18H,4-5H2,1-3H3,(H,32,33)(H2,26,27,28,29,31). The number of methoxy groups -OCH3 is 2. The van der Waals surface area contributed by atoms with Gasteiger partial charge in [-0.05, 0) is 18.9 Å². The molecule has 1 aliphatic rings. The van der Waals surface area contributed by atoms with Gasteiger partial charge in [0.25, 0.3) is 0 Å². The number of carboxylic acid groups (broad SMARTS) is 1. The normalized spacial score (nSPS) is 14.6. The Morgan fingerprint density at radius 1 is 1.26 bits per heavy atom. The minimum atomic E-state index is -4.71. The molecule has 3 aromatic rings. The van der Waals surface area contributed by atoms with Crippen LogP contribution in [0.4, 0.5) is 30.5 Å². The summed E-state index contributed by atoms with van der Waals surface area (Å²) in [4.78, 5) is 27.9. The van der Waals surface area contributed by atoms with Gasteiger partial charge in [0.05, 0.1) is 23.7 Å². The summed E-state index contributed by atoms with van der Waals surface area (Å²) in [7, 11) is 3.74. The lowest BCUT2D eigenvalue weighted by Crippen LogP contribution is -2.23. The maximum Gasteiger partial charge on any atom is 0.418 e. The van der Waals surface area contributed by atoms with Gasteiger partial charge in [0.2, 0.25) is 5.91 Å². The van der Waals surface area contributed by atoms with E-state index in [1.807, 2.05) is 0 Å². The van der Waals surface area contributed by atoms with Gasteiger partial charge in [-0.25, -0.2) is 9.78 Å². The molecule has 186 valence electrons. The van der Waals surface area contributed by atoms with Crippen molar-refractivity contribution in [1.29, 1.82) is 0 Å². The molecule has 10 nitrogen and oxygen atoms in total. The predicted octanol–water partition coefficient (Wildman–Crippen LogP) is 4.02. The molecular weight excluding hydrogens is 471 g/mol. The molecule has 0 aliphatic heterocycles. The van der Waals surface area contributed by atoms with Crippen LogP contribution >= 0.6 is 0 Å². The molecule has 4 rings (SSSR count). The smallest absolute Gasteiger partial charge is 0.418 e. The molecule has 0 saturated heterocycles. The van der Waals surface area contributed by atoms with E-state index in [4.69, 9.17) is 9.47 Å². The number of nitrogens with one attached hydrogen (secondary N) is 2. The summed E-state index contributed by atoms with van der Waals surface area (Å²) in [5, 5.41) is 19.6. The maximum atomic E-state index is 13.6. The fraction of sp³-hybridized carbons (Fsp3) is 0.364. The minimum Gasteiger partial charge on any atom is -0.496 e. The zero-order chi connectivity index (χ0) is 25.5. The number of anilines is 3. The lowest BCUT2D eigenvalue weighted by atomic mass is 10.0. The number of nitrogens with zero attached hydrogens (tertiary/aromatic N) is 3. The van der Waals surface area contributed by atoms with Crippen LogP contribution in [0.2, 0.25) is 0 Å². The molecule has 1 aromatic carbocycles. The first-order chi connectivity index (χ1) is 16.5. The van der Waals surface area contributed by atoms with E-state index in [2.05, 4.69) is 20.7 Å². The average Bonchev–Trinajstić information content (AvgIpc) is 3.59. The fourth-order valence-electron chi connectivity index (χ4n) is 3.79. The molecule has 1 fully saturated rings. The Morgan fingerprint density at radius 2 is 1.97 bits per heavy atom. The topological polar surface area (TPSA) is 128 Å². The third kappa shape index (κ3) is 4.71. The van der Waals surface area contributed by atoms with Crippen molar-refractivity contribution in [3.05, 3.63) is 35.5 Å². The van der Waals surface area contributed by atoms with Gasteiger partial charge < -0.3 is 25.2 Å². The van der Waals surface area contributed by atoms with Gasteiger partial charge in [0.15, 0.2) is 11.9 Å². The number of pyridine rings is 1. The number of fused-ring (bicyclic) bond motifs is 1. The number of rotatable bonds is 8. The summed E-state index contributed by atoms with van der Waals surface area (Å²) in [6.45, 7) is 0. The van der Waals surface area contributed by atoms with E-state index in [0.29, 0.717) is 5.52 Å².